The Hall–Kier alpha value is -0.800. The molecule has 1 aromatic rings. The predicted octanol–water partition coefficient (Wildman–Crippen LogP) is 2.57. The minimum Gasteiger partial charge on any atom is -0.493 e. The Kier molecular flexibility index (Phi) is 4.70. The van der Waals surface area contributed by atoms with Crippen LogP contribution < -0.4 is 4.74 Å². The minimum absolute atomic E-state index is 0.133. The molecule has 2 nitrogen and oxygen atoms in total. The van der Waals surface area contributed by atoms with Gasteiger partial charge in [-0.25, -0.2) is 0 Å². The van der Waals surface area contributed by atoms with Crippen molar-refractivity contribution >= 4 is 11.6 Å². The summed E-state index contributed by atoms with van der Waals surface area (Å²) in [4.78, 5) is 0. The first-order valence-electron chi connectivity index (χ1n) is 4.36. The van der Waals surface area contributed by atoms with Crippen LogP contribution in [0.1, 0.15) is 12.0 Å². The molecule has 0 spiro atoms. The molecule has 0 atom stereocenters. The molecule has 0 saturated heterocycles. The highest BCUT2D eigenvalue weighted by atomic mass is 35.5. The number of halogens is 2. The molecular formula is C10H12ClFO2. The molecule has 0 heterocycles. The lowest BCUT2D eigenvalue weighted by atomic mass is 10.2. The van der Waals surface area contributed by atoms with Crippen molar-refractivity contribution in [3.63, 3.8) is 0 Å². The normalized spacial score (nSPS) is 10.2. The van der Waals surface area contributed by atoms with Gasteiger partial charge in [-0.3, -0.25) is 4.39 Å². The van der Waals surface area contributed by atoms with Gasteiger partial charge in [0.15, 0.2) is 0 Å². The van der Waals surface area contributed by atoms with Crippen LogP contribution in [-0.2, 0) is 6.61 Å². The first-order valence-corrected chi connectivity index (χ1v) is 4.73. The van der Waals surface area contributed by atoms with Gasteiger partial charge in [-0.2, -0.15) is 0 Å². The maximum atomic E-state index is 11.8. The van der Waals surface area contributed by atoms with E-state index >= 15 is 0 Å². The molecule has 0 aliphatic carbocycles. The highest BCUT2D eigenvalue weighted by Gasteiger charge is 2.03. The zero-order valence-corrected chi connectivity index (χ0v) is 8.43. The molecule has 0 fully saturated rings. The van der Waals surface area contributed by atoms with Crippen LogP contribution in [0, 0.1) is 0 Å². The fraction of sp³-hybridized carbons (Fsp3) is 0.400. The van der Waals surface area contributed by atoms with Crippen molar-refractivity contribution in [3.8, 4) is 5.75 Å². The molecule has 14 heavy (non-hydrogen) atoms. The summed E-state index contributed by atoms with van der Waals surface area (Å²) in [6.07, 6.45) is 0.355. The van der Waals surface area contributed by atoms with Crippen LogP contribution in [0.4, 0.5) is 4.39 Å². The van der Waals surface area contributed by atoms with Gasteiger partial charge in [0.25, 0.3) is 0 Å². The van der Waals surface area contributed by atoms with Gasteiger partial charge in [0.05, 0.1) is 19.9 Å². The molecular weight excluding hydrogens is 207 g/mol. The second-order valence-corrected chi connectivity index (χ2v) is 3.24. The molecule has 0 bridgehead atoms. The molecule has 1 aromatic carbocycles. The summed E-state index contributed by atoms with van der Waals surface area (Å²) >= 11 is 5.73. The van der Waals surface area contributed by atoms with Gasteiger partial charge >= 0.3 is 0 Å². The molecule has 0 amide bonds. The average molecular weight is 219 g/mol. The van der Waals surface area contributed by atoms with Gasteiger partial charge < -0.3 is 9.84 Å². The highest BCUT2D eigenvalue weighted by Crippen LogP contribution is 2.22. The second kappa shape index (κ2) is 5.83. The Bertz CT molecular complexity index is 291. The quantitative estimate of drug-likeness (QED) is 0.770. The summed E-state index contributed by atoms with van der Waals surface area (Å²) in [5.41, 5.74) is 0.622. The van der Waals surface area contributed by atoms with E-state index in [2.05, 4.69) is 0 Å². The summed E-state index contributed by atoms with van der Waals surface area (Å²) in [6, 6.07) is 4.98. The standard InChI is InChI=1S/C10H12ClFO2/c11-9-2-3-10(8(6-9)7-13)14-5-1-4-12/h2-3,6,13H,1,4-5,7H2. The van der Waals surface area contributed by atoms with E-state index in [1.54, 1.807) is 18.2 Å². The van der Waals surface area contributed by atoms with Crippen LogP contribution in [0.2, 0.25) is 5.02 Å². The number of alkyl halides is 1. The first-order chi connectivity index (χ1) is 6.77. The molecule has 0 aromatic heterocycles. The highest BCUT2D eigenvalue weighted by molar-refractivity contribution is 6.30. The summed E-state index contributed by atoms with van der Waals surface area (Å²) in [7, 11) is 0. The number of benzene rings is 1. The van der Waals surface area contributed by atoms with Crippen molar-refractivity contribution in [1.82, 2.24) is 0 Å². The first kappa shape index (κ1) is 11.3. The van der Waals surface area contributed by atoms with E-state index in [0.29, 0.717) is 29.4 Å². The zero-order valence-electron chi connectivity index (χ0n) is 7.67. The predicted molar refractivity (Wildman–Crippen MR) is 53.5 cm³/mol. The maximum absolute atomic E-state index is 11.8. The molecule has 0 radical (unpaired) electrons. The summed E-state index contributed by atoms with van der Waals surface area (Å²) < 4.78 is 17.1. The van der Waals surface area contributed by atoms with Crippen molar-refractivity contribution in [3.05, 3.63) is 28.8 Å². The number of hydrogen-bond donors (Lipinski definition) is 1. The average Bonchev–Trinajstić information content (AvgIpc) is 2.20. The molecule has 0 unspecified atom stereocenters. The SMILES string of the molecule is OCc1cc(Cl)ccc1OCCCF. The third-order valence-corrected chi connectivity index (χ3v) is 1.96. The summed E-state index contributed by atoms with van der Waals surface area (Å²) in [6.45, 7) is -0.224. The lowest BCUT2D eigenvalue weighted by Crippen LogP contribution is -2.00. The van der Waals surface area contributed by atoms with Crippen molar-refractivity contribution in [1.29, 1.82) is 0 Å². The van der Waals surface area contributed by atoms with E-state index in [1.165, 1.54) is 0 Å². The fourth-order valence-corrected chi connectivity index (χ4v) is 1.24. The van der Waals surface area contributed by atoms with Crippen molar-refractivity contribution < 1.29 is 14.2 Å². The number of hydrogen-bond acceptors (Lipinski definition) is 2. The summed E-state index contributed by atoms with van der Waals surface area (Å²) in [5, 5.41) is 9.53. The van der Waals surface area contributed by atoms with Crippen molar-refractivity contribution in [2.75, 3.05) is 13.3 Å². The van der Waals surface area contributed by atoms with Crippen LogP contribution in [0.5, 0.6) is 5.75 Å². The Balaban J connectivity index is 2.65. The number of rotatable bonds is 5. The molecule has 78 valence electrons. The second-order valence-electron chi connectivity index (χ2n) is 2.80. The Labute approximate surface area is 87.3 Å². The Morgan fingerprint density at radius 1 is 1.43 bits per heavy atom. The van der Waals surface area contributed by atoms with Gasteiger partial charge in [0.2, 0.25) is 0 Å². The Morgan fingerprint density at radius 2 is 2.21 bits per heavy atom. The van der Waals surface area contributed by atoms with E-state index in [0.717, 1.165) is 0 Å². The van der Waals surface area contributed by atoms with Crippen molar-refractivity contribution in [2.24, 2.45) is 0 Å². The third kappa shape index (κ3) is 3.16. The number of aliphatic hydroxyl groups is 1. The summed E-state index contributed by atoms with van der Waals surface area (Å²) in [5.74, 6) is 0.561. The smallest absolute Gasteiger partial charge is 0.124 e. The van der Waals surface area contributed by atoms with Gasteiger partial charge in [-0.15, -0.1) is 0 Å². The lowest BCUT2D eigenvalue weighted by molar-refractivity contribution is 0.256. The number of aliphatic hydroxyl groups excluding tert-OH is 1. The monoisotopic (exact) mass is 218 g/mol. The van der Waals surface area contributed by atoms with Crippen LogP contribution in [-0.4, -0.2) is 18.4 Å². The molecule has 1 rings (SSSR count). The van der Waals surface area contributed by atoms with Crippen LogP contribution in [0.25, 0.3) is 0 Å². The van der Waals surface area contributed by atoms with E-state index in [4.69, 9.17) is 21.4 Å². The molecule has 0 aliphatic rings. The minimum atomic E-state index is -0.401. The molecule has 4 heteroatoms. The lowest BCUT2D eigenvalue weighted by Gasteiger charge is -2.09. The van der Waals surface area contributed by atoms with Crippen LogP contribution in [0.15, 0.2) is 18.2 Å². The van der Waals surface area contributed by atoms with Gasteiger partial charge in [-0.1, -0.05) is 11.6 Å². The van der Waals surface area contributed by atoms with Gasteiger partial charge in [0, 0.05) is 17.0 Å². The largest absolute Gasteiger partial charge is 0.493 e. The number of ether oxygens (including phenoxy) is 1. The van der Waals surface area contributed by atoms with Crippen LogP contribution >= 0.6 is 11.6 Å². The maximum Gasteiger partial charge on any atom is 0.124 e. The molecule has 0 aliphatic heterocycles. The van der Waals surface area contributed by atoms with E-state index in [1.807, 2.05) is 0 Å². The van der Waals surface area contributed by atoms with Crippen molar-refractivity contribution in [2.45, 2.75) is 13.0 Å². The molecule has 1 N–H and O–H groups in total. The fourth-order valence-electron chi connectivity index (χ4n) is 1.05. The zero-order chi connectivity index (χ0) is 10.4. The topological polar surface area (TPSA) is 29.5 Å². The van der Waals surface area contributed by atoms with E-state index in [-0.39, 0.29) is 6.61 Å². The third-order valence-electron chi connectivity index (χ3n) is 1.73. The van der Waals surface area contributed by atoms with Gasteiger partial charge in [-0.05, 0) is 18.2 Å². The van der Waals surface area contributed by atoms with Crippen LogP contribution in [0.3, 0.4) is 0 Å². The van der Waals surface area contributed by atoms with E-state index < -0.39 is 6.67 Å². The Morgan fingerprint density at radius 3 is 2.86 bits per heavy atom. The van der Waals surface area contributed by atoms with Gasteiger partial charge in [0.1, 0.15) is 5.75 Å². The van der Waals surface area contributed by atoms with E-state index in [9.17, 15) is 4.39 Å². The molecule has 0 saturated carbocycles.